The Morgan fingerprint density at radius 1 is 1.39 bits per heavy atom. The molecule has 0 saturated heterocycles. The second-order valence-corrected chi connectivity index (χ2v) is 5.85. The van der Waals surface area contributed by atoms with Crippen LogP contribution in [0.15, 0.2) is 6.33 Å². The minimum Gasteiger partial charge on any atom is -0.353 e. The molecule has 18 heavy (non-hydrogen) atoms. The average molecular weight is 268 g/mol. The summed E-state index contributed by atoms with van der Waals surface area (Å²) in [4.78, 5) is 11.1. The first kappa shape index (κ1) is 13.6. The van der Waals surface area contributed by atoms with E-state index in [1.807, 2.05) is 0 Å². The fourth-order valence-corrected chi connectivity index (χ4v) is 2.51. The summed E-state index contributed by atoms with van der Waals surface area (Å²) < 4.78 is 0. The third kappa shape index (κ3) is 3.14. The van der Waals surface area contributed by atoms with Crippen molar-refractivity contribution in [3.63, 3.8) is 0 Å². The molecule has 0 aromatic carbocycles. The third-order valence-corrected chi connectivity index (χ3v) is 3.52. The molecule has 0 bridgehead atoms. The molecule has 0 aliphatic heterocycles. The fraction of sp³-hybridized carbons (Fsp3) is 0.714. The van der Waals surface area contributed by atoms with E-state index in [0.717, 1.165) is 30.8 Å². The Morgan fingerprint density at radius 2 is 2.11 bits per heavy atom. The zero-order valence-electron chi connectivity index (χ0n) is 11.5. The molecule has 0 atom stereocenters. The zero-order valence-corrected chi connectivity index (χ0v) is 12.2. The molecular weight excluding hydrogens is 246 g/mol. The van der Waals surface area contributed by atoms with Gasteiger partial charge in [-0.05, 0) is 25.2 Å². The molecule has 0 amide bonds. The van der Waals surface area contributed by atoms with Gasteiger partial charge >= 0.3 is 0 Å². The lowest BCUT2D eigenvalue weighted by atomic mass is 10.1. The van der Waals surface area contributed by atoms with Crippen molar-refractivity contribution >= 4 is 17.4 Å². The van der Waals surface area contributed by atoms with Crippen LogP contribution in [-0.4, -0.2) is 22.6 Å². The molecule has 1 aliphatic carbocycles. The van der Waals surface area contributed by atoms with Crippen molar-refractivity contribution in [3.8, 4) is 0 Å². The first-order chi connectivity index (χ1) is 8.63. The van der Waals surface area contributed by atoms with Crippen LogP contribution in [0.1, 0.15) is 45.6 Å². The van der Waals surface area contributed by atoms with E-state index in [1.54, 1.807) is 6.33 Å². The van der Waals surface area contributed by atoms with Crippen molar-refractivity contribution in [2.45, 2.75) is 52.5 Å². The molecule has 4 heteroatoms. The lowest BCUT2D eigenvalue weighted by Crippen LogP contribution is -2.31. The number of halogens is 1. The minimum absolute atomic E-state index is 0.622. The van der Waals surface area contributed by atoms with Crippen LogP contribution in [0.4, 0.5) is 5.82 Å². The summed E-state index contributed by atoms with van der Waals surface area (Å²) in [6.45, 7) is 7.71. The summed E-state index contributed by atoms with van der Waals surface area (Å²) in [5.41, 5.74) is 1.12. The Morgan fingerprint density at radius 3 is 2.67 bits per heavy atom. The maximum Gasteiger partial charge on any atom is 0.137 e. The van der Waals surface area contributed by atoms with E-state index >= 15 is 0 Å². The van der Waals surface area contributed by atoms with Crippen LogP contribution in [-0.2, 0) is 6.42 Å². The molecule has 0 radical (unpaired) electrons. The lowest BCUT2D eigenvalue weighted by molar-refractivity contribution is 0.599. The first-order valence-electron chi connectivity index (χ1n) is 6.89. The monoisotopic (exact) mass is 267 g/mol. The van der Waals surface area contributed by atoms with Gasteiger partial charge in [0.2, 0.25) is 0 Å². The Bertz CT molecular complexity index is 402. The van der Waals surface area contributed by atoms with Gasteiger partial charge in [0.05, 0.1) is 0 Å². The van der Waals surface area contributed by atoms with Crippen molar-refractivity contribution in [2.75, 3.05) is 11.4 Å². The Kier molecular flexibility index (Phi) is 4.44. The molecule has 3 nitrogen and oxygen atoms in total. The van der Waals surface area contributed by atoms with Gasteiger partial charge in [-0.3, -0.25) is 0 Å². The number of rotatable bonds is 6. The van der Waals surface area contributed by atoms with Gasteiger partial charge in [0.1, 0.15) is 17.3 Å². The van der Waals surface area contributed by atoms with Crippen LogP contribution >= 0.6 is 11.6 Å². The summed E-state index contributed by atoms with van der Waals surface area (Å²) >= 11 is 6.24. The smallest absolute Gasteiger partial charge is 0.137 e. The summed E-state index contributed by atoms with van der Waals surface area (Å²) in [6.07, 6.45) is 6.17. The highest BCUT2D eigenvalue weighted by atomic mass is 35.5. The minimum atomic E-state index is 0.622. The Hall–Kier alpha value is -0.830. The van der Waals surface area contributed by atoms with E-state index in [-0.39, 0.29) is 0 Å². The van der Waals surface area contributed by atoms with Gasteiger partial charge in [0, 0.05) is 18.2 Å². The Labute approximate surface area is 115 Å². The van der Waals surface area contributed by atoms with Crippen molar-refractivity contribution < 1.29 is 0 Å². The molecule has 100 valence electrons. The predicted octanol–water partition coefficient (Wildman–Crippen LogP) is 3.71. The molecule has 1 aromatic rings. The normalized spacial score (nSPS) is 15.2. The maximum absolute atomic E-state index is 6.24. The Balaban J connectivity index is 2.30. The quantitative estimate of drug-likeness (QED) is 0.736. The van der Waals surface area contributed by atoms with E-state index < -0.39 is 0 Å². The molecular formula is C14H22ClN3. The molecule has 1 fully saturated rings. The molecule has 0 N–H and O–H groups in total. The highest BCUT2D eigenvalue weighted by Gasteiger charge is 2.32. The van der Waals surface area contributed by atoms with Crippen molar-refractivity contribution in [2.24, 2.45) is 5.92 Å². The molecule has 0 spiro atoms. The number of nitrogens with zero attached hydrogens (tertiary/aromatic N) is 3. The van der Waals surface area contributed by atoms with Crippen LogP contribution in [0.5, 0.6) is 0 Å². The fourth-order valence-electron chi connectivity index (χ4n) is 2.28. The van der Waals surface area contributed by atoms with Gasteiger partial charge in [0.15, 0.2) is 0 Å². The van der Waals surface area contributed by atoms with Crippen molar-refractivity contribution in [1.82, 2.24) is 9.97 Å². The third-order valence-electron chi connectivity index (χ3n) is 3.19. The lowest BCUT2D eigenvalue weighted by Gasteiger charge is -2.27. The van der Waals surface area contributed by atoms with Crippen LogP contribution in [0, 0.1) is 5.92 Å². The molecule has 1 saturated carbocycles. The second-order valence-electron chi connectivity index (χ2n) is 5.49. The number of aromatic nitrogens is 2. The molecule has 1 aromatic heterocycles. The van der Waals surface area contributed by atoms with E-state index in [0.29, 0.717) is 17.1 Å². The first-order valence-corrected chi connectivity index (χ1v) is 7.27. The molecule has 0 unspecified atom stereocenters. The van der Waals surface area contributed by atoms with Crippen LogP contribution in [0.3, 0.4) is 0 Å². The van der Waals surface area contributed by atoms with Gasteiger partial charge in [-0.25, -0.2) is 9.97 Å². The predicted molar refractivity (Wildman–Crippen MR) is 76.2 cm³/mol. The summed E-state index contributed by atoms with van der Waals surface area (Å²) in [5.74, 6) is 1.70. The van der Waals surface area contributed by atoms with Gasteiger partial charge in [-0.1, -0.05) is 38.8 Å². The summed E-state index contributed by atoms with van der Waals surface area (Å²) in [6, 6.07) is 0.661. The summed E-state index contributed by atoms with van der Waals surface area (Å²) in [7, 11) is 0. The van der Waals surface area contributed by atoms with Crippen LogP contribution in [0.25, 0.3) is 0 Å². The van der Waals surface area contributed by atoms with Gasteiger partial charge in [-0.2, -0.15) is 0 Å². The van der Waals surface area contributed by atoms with Gasteiger partial charge in [-0.15, -0.1) is 0 Å². The number of anilines is 1. The number of hydrogen-bond donors (Lipinski definition) is 0. The SMILES string of the molecule is CCCc1c(Cl)ncnc1N(CC(C)C)C1CC1. The summed E-state index contributed by atoms with van der Waals surface area (Å²) in [5, 5.41) is 0.622. The topological polar surface area (TPSA) is 29.0 Å². The largest absolute Gasteiger partial charge is 0.353 e. The van der Waals surface area contributed by atoms with Crippen molar-refractivity contribution in [3.05, 3.63) is 17.0 Å². The van der Waals surface area contributed by atoms with Crippen molar-refractivity contribution in [1.29, 1.82) is 0 Å². The standard InChI is InChI=1S/C14H22ClN3/c1-4-5-12-13(15)16-9-17-14(12)18(8-10(2)3)11-6-7-11/h9-11H,4-8H2,1-3H3. The van der Waals surface area contributed by atoms with E-state index in [4.69, 9.17) is 11.6 Å². The average Bonchev–Trinajstić information content (AvgIpc) is 3.13. The maximum atomic E-state index is 6.24. The van der Waals surface area contributed by atoms with E-state index in [9.17, 15) is 0 Å². The van der Waals surface area contributed by atoms with Gasteiger partial charge in [0.25, 0.3) is 0 Å². The highest BCUT2D eigenvalue weighted by Crippen LogP contribution is 2.34. The molecule has 1 aliphatic rings. The highest BCUT2D eigenvalue weighted by molar-refractivity contribution is 6.30. The molecule has 1 heterocycles. The van der Waals surface area contributed by atoms with Gasteiger partial charge < -0.3 is 4.90 Å². The van der Waals surface area contributed by atoms with Crippen LogP contribution in [0.2, 0.25) is 5.15 Å². The molecule has 2 rings (SSSR count). The van der Waals surface area contributed by atoms with E-state index in [1.165, 1.54) is 12.8 Å². The zero-order chi connectivity index (χ0) is 13.1. The number of hydrogen-bond acceptors (Lipinski definition) is 3. The second kappa shape index (κ2) is 5.87. The van der Waals surface area contributed by atoms with E-state index in [2.05, 4.69) is 35.6 Å². The van der Waals surface area contributed by atoms with Crippen LogP contribution < -0.4 is 4.90 Å².